The topological polar surface area (TPSA) is 116 Å². The van der Waals surface area contributed by atoms with Crippen molar-refractivity contribution in [3.05, 3.63) is 65.0 Å². The molecule has 1 aliphatic rings. The minimum absolute atomic E-state index is 0.258. The number of alkyl halides is 3. The number of aliphatic carboxylic acids is 1. The molecule has 1 aliphatic heterocycles. The van der Waals surface area contributed by atoms with Gasteiger partial charge in [-0.25, -0.2) is 13.9 Å². The number of hydrogen-bond acceptors (Lipinski definition) is 5. The molecular weight excluding hydrogens is 460 g/mol. The fraction of sp³-hybridized carbons (Fsp3) is 0.333. The van der Waals surface area contributed by atoms with E-state index in [0.717, 1.165) is 24.2 Å². The number of carboxylic acid groups (broad SMARTS) is 1. The number of carbonyl (C=O) groups excluding carboxylic acids is 1. The Bertz CT molecular complexity index is 1160. The molecule has 0 unspecified atom stereocenters. The quantitative estimate of drug-likeness (QED) is 0.493. The third-order valence-electron chi connectivity index (χ3n) is 5.15. The molecule has 0 fully saturated rings. The van der Waals surface area contributed by atoms with Gasteiger partial charge in [0.05, 0.1) is 6.04 Å². The first-order valence-corrected chi connectivity index (χ1v) is 10.1. The number of aromatic amines is 1. The van der Waals surface area contributed by atoms with Gasteiger partial charge in [0.15, 0.2) is 5.69 Å². The van der Waals surface area contributed by atoms with Crippen LogP contribution in [-0.2, 0) is 17.8 Å². The van der Waals surface area contributed by atoms with E-state index < -0.39 is 18.0 Å². The van der Waals surface area contributed by atoms with E-state index in [9.17, 15) is 22.4 Å². The van der Waals surface area contributed by atoms with Gasteiger partial charge < -0.3 is 15.3 Å². The third kappa shape index (κ3) is 5.78. The van der Waals surface area contributed by atoms with Crippen LogP contribution in [0.4, 0.5) is 17.6 Å². The summed E-state index contributed by atoms with van der Waals surface area (Å²) in [5.41, 5.74) is 3.41. The number of rotatable bonds is 4. The maximum atomic E-state index is 14.5. The second kappa shape index (κ2) is 10.0. The highest BCUT2D eigenvalue weighted by molar-refractivity contribution is 5.94. The van der Waals surface area contributed by atoms with Crippen LogP contribution in [0.2, 0.25) is 0 Å². The van der Waals surface area contributed by atoms with Gasteiger partial charge in [-0.1, -0.05) is 6.07 Å². The van der Waals surface area contributed by atoms with Crippen LogP contribution in [0.15, 0.2) is 36.7 Å². The number of likely N-dealkylation sites (N-methyl/N-ethyl adjacent to an activating group) is 1. The van der Waals surface area contributed by atoms with E-state index >= 15 is 0 Å². The van der Waals surface area contributed by atoms with Gasteiger partial charge in [0, 0.05) is 43.2 Å². The smallest absolute Gasteiger partial charge is 0.475 e. The van der Waals surface area contributed by atoms with Gasteiger partial charge in [0.25, 0.3) is 5.91 Å². The number of fused-ring (bicyclic) bond motifs is 1. The van der Waals surface area contributed by atoms with Crippen LogP contribution in [0, 0.1) is 5.82 Å². The van der Waals surface area contributed by atoms with E-state index in [1.54, 1.807) is 30.6 Å². The van der Waals surface area contributed by atoms with Gasteiger partial charge in [0.1, 0.15) is 11.5 Å². The maximum Gasteiger partial charge on any atom is 0.490 e. The first-order chi connectivity index (χ1) is 16.0. The minimum atomic E-state index is -5.08. The van der Waals surface area contributed by atoms with Gasteiger partial charge in [-0.05, 0) is 37.7 Å². The number of nitrogens with zero attached hydrogens (tertiary/aromatic N) is 4. The van der Waals surface area contributed by atoms with Gasteiger partial charge in [-0.3, -0.25) is 9.89 Å². The number of halogens is 4. The van der Waals surface area contributed by atoms with E-state index in [1.807, 2.05) is 14.0 Å². The van der Waals surface area contributed by atoms with Crippen molar-refractivity contribution in [3.8, 4) is 5.69 Å². The lowest BCUT2D eigenvalue weighted by Gasteiger charge is -2.22. The monoisotopic (exact) mass is 482 g/mol. The predicted molar refractivity (Wildman–Crippen MR) is 112 cm³/mol. The maximum absolute atomic E-state index is 14.5. The minimum Gasteiger partial charge on any atom is -0.475 e. The molecule has 1 atom stereocenters. The average Bonchev–Trinajstić information content (AvgIpc) is 3.43. The van der Waals surface area contributed by atoms with Crippen LogP contribution in [0.1, 0.15) is 40.3 Å². The molecule has 3 N–H and O–H groups in total. The highest BCUT2D eigenvalue weighted by Gasteiger charge is 2.38. The van der Waals surface area contributed by atoms with E-state index in [2.05, 4.69) is 25.5 Å². The van der Waals surface area contributed by atoms with Gasteiger partial charge in [-0.15, -0.1) is 0 Å². The molecule has 1 amide bonds. The summed E-state index contributed by atoms with van der Waals surface area (Å²) >= 11 is 0. The molecule has 0 bridgehead atoms. The highest BCUT2D eigenvalue weighted by Crippen LogP contribution is 2.22. The normalized spacial score (nSPS) is 14.5. The van der Waals surface area contributed by atoms with Crippen molar-refractivity contribution < 1.29 is 32.3 Å². The highest BCUT2D eigenvalue weighted by atomic mass is 19.4. The molecule has 1 aromatic carbocycles. The summed E-state index contributed by atoms with van der Waals surface area (Å²) < 4.78 is 47.7. The summed E-state index contributed by atoms with van der Waals surface area (Å²) in [6.07, 6.45) is -0.957. The van der Waals surface area contributed by atoms with Gasteiger partial charge in [0.2, 0.25) is 0 Å². The molecule has 182 valence electrons. The Hall–Kier alpha value is -3.74. The Labute approximate surface area is 191 Å². The number of aromatic nitrogens is 4. The number of carboxylic acids is 1. The van der Waals surface area contributed by atoms with Crippen LogP contribution in [0.25, 0.3) is 5.69 Å². The lowest BCUT2D eigenvalue weighted by molar-refractivity contribution is -0.192. The predicted octanol–water partition coefficient (Wildman–Crippen LogP) is 2.85. The first kappa shape index (κ1) is 24.9. The van der Waals surface area contributed by atoms with E-state index in [-0.39, 0.29) is 11.9 Å². The van der Waals surface area contributed by atoms with Crippen molar-refractivity contribution in [1.29, 1.82) is 0 Å². The molecule has 9 nitrogen and oxygen atoms in total. The van der Waals surface area contributed by atoms with Crippen molar-refractivity contribution in [2.24, 2.45) is 0 Å². The molecule has 2 aromatic heterocycles. The largest absolute Gasteiger partial charge is 0.490 e. The summed E-state index contributed by atoms with van der Waals surface area (Å²) in [7, 11) is 2.02. The van der Waals surface area contributed by atoms with Crippen molar-refractivity contribution in [1.82, 2.24) is 30.2 Å². The van der Waals surface area contributed by atoms with Crippen LogP contribution in [0.3, 0.4) is 0 Å². The zero-order valence-corrected chi connectivity index (χ0v) is 18.2. The average molecular weight is 482 g/mol. The molecular formula is C21H22F4N6O3. The summed E-state index contributed by atoms with van der Waals surface area (Å²) in [5.74, 6) is -3.41. The second-order valence-electron chi connectivity index (χ2n) is 7.68. The number of benzene rings is 1. The Morgan fingerprint density at radius 1 is 1.29 bits per heavy atom. The Kier molecular flexibility index (Phi) is 7.35. The molecule has 0 radical (unpaired) electrons. The van der Waals surface area contributed by atoms with Gasteiger partial charge >= 0.3 is 12.1 Å². The number of amides is 1. The fourth-order valence-electron chi connectivity index (χ4n) is 3.36. The van der Waals surface area contributed by atoms with E-state index in [0.29, 0.717) is 23.5 Å². The standard InChI is InChI=1S/C19H21FN6O.C2HF3O2/c1-12(13-4-5-17(15(20)10-13)26-8-3-7-21-26)22-19(27)18-14-11-25(2)9-6-16(14)23-24-18;3-2(4,5)1(6)7/h3-5,7-8,10,12H,6,9,11H2,1-2H3,(H,22,27)(H,23,24);(H,6,7)/t12-;/m0./s1. The Morgan fingerprint density at radius 3 is 2.59 bits per heavy atom. The lowest BCUT2D eigenvalue weighted by Crippen LogP contribution is -2.31. The van der Waals surface area contributed by atoms with Crippen molar-refractivity contribution >= 4 is 11.9 Å². The second-order valence-corrected chi connectivity index (χ2v) is 7.68. The fourth-order valence-corrected chi connectivity index (χ4v) is 3.36. The lowest BCUT2D eigenvalue weighted by atomic mass is 10.0. The number of H-pyrrole nitrogens is 1. The van der Waals surface area contributed by atoms with Crippen LogP contribution in [0.5, 0.6) is 0 Å². The molecule has 3 heterocycles. The molecule has 0 spiro atoms. The number of carbonyl (C=O) groups is 2. The van der Waals surface area contributed by atoms with Crippen molar-refractivity contribution in [2.75, 3.05) is 13.6 Å². The number of hydrogen-bond donors (Lipinski definition) is 3. The van der Waals surface area contributed by atoms with E-state index in [1.165, 1.54) is 10.7 Å². The Morgan fingerprint density at radius 2 is 2.00 bits per heavy atom. The first-order valence-electron chi connectivity index (χ1n) is 10.1. The van der Waals surface area contributed by atoms with Crippen LogP contribution in [-0.4, -0.2) is 61.6 Å². The third-order valence-corrected chi connectivity index (χ3v) is 5.15. The molecule has 34 heavy (non-hydrogen) atoms. The number of nitrogens with one attached hydrogen (secondary N) is 2. The molecule has 0 saturated heterocycles. The summed E-state index contributed by atoms with van der Waals surface area (Å²) in [6, 6.07) is 6.26. The molecule has 13 heteroatoms. The van der Waals surface area contributed by atoms with Crippen molar-refractivity contribution in [2.45, 2.75) is 32.1 Å². The zero-order valence-electron chi connectivity index (χ0n) is 18.2. The molecule has 3 aromatic rings. The SMILES string of the molecule is C[C@H](NC(=O)c1n[nH]c2c1CN(C)CC2)c1ccc(-n2cccn2)c(F)c1.O=C(O)C(F)(F)F. The van der Waals surface area contributed by atoms with Crippen LogP contribution < -0.4 is 5.32 Å². The van der Waals surface area contributed by atoms with Gasteiger partial charge in [-0.2, -0.15) is 23.4 Å². The summed E-state index contributed by atoms with van der Waals surface area (Å²) in [5, 5.41) is 21.2. The molecule has 0 saturated carbocycles. The Balaban J connectivity index is 0.000000406. The van der Waals surface area contributed by atoms with Crippen LogP contribution >= 0.6 is 0 Å². The van der Waals surface area contributed by atoms with E-state index in [4.69, 9.17) is 9.90 Å². The summed E-state index contributed by atoms with van der Waals surface area (Å²) in [4.78, 5) is 23.7. The molecule has 0 aliphatic carbocycles. The zero-order chi connectivity index (χ0) is 25.0. The summed E-state index contributed by atoms with van der Waals surface area (Å²) in [6.45, 7) is 3.45. The van der Waals surface area contributed by atoms with Crippen molar-refractivity contribution in [3.63, 3.8) is 0 Å². The molecule has 4 rings (SSSR count).